The summed E-state index contributed by atoms with van der Waals surface area (Å²) in [6, 6.07) is 5.96. The fourth-order valence-electron chi connectivity index (χ4n) is 2.04. The molecule has 1 fully saturated rings. The molecule has 1 aromatic rings. The third-order valence-electron chi connectivity index (χ3n) is 3.29. The van der Waals surface area contributed by atoms with E-state index >= 15 is 0 Å². The number of nitrogens with zero attached hydrogens (tertiary/aromatic N) is 5. The lowest BCUT2D eigenvalue weighted by Crippen LogP contribution is -2.54. The minimum absolute atomic E-state index is 0.405. The zero-order valence-electron chi connectivity index (χ0n) is 10.6. The molecule has 0 radical (unpaired) electrons. The smallest absolute Gasteiger partial charge is 0.151 e. The average Bonchev–Trinajstić information content (AvgIpc) is 2.40. The van der Waals surface area contributed by atoms with Crippen molar-refractivity contribution in [1.29, 1.82) is 5.26 Å². The molecule has 1 aliphatic heterocycles. The summed E-state index contributed by atoms with van der Waals surface area (Å²) in [6.45, 7) is 7.30. The third-order valence-corrected chi connectivity index (χ3v) is 3.49. The first kappa shape index (κ1) is 13.1. The van der Waals surface area contributed by atoms with Gasteiger partial charge in [0, 0.05) is 26.2 Å². The molecular weight excluding hydrogens is 250 g/mol. The van der Waals surface area contributed by atoms with Crippen LogP contribution in [0.2, 0.25) is 5.15 Å². The Hall–Kier alpha value is -1.38. The van der Waals surface area contributed by atoms with E-state index < -0.39 is 5.54 Å². The average molecular weight is 266 g/mol. The van der Waals surface area contributed by atoms with Crippen molar-refractivity contribution < 1.29 is 0 Å². The van der Waals surface area contributed by atoms with Crippen molar-refractivity contribution >= 4 is 17.4 Å². The molecule has 0 atom stereocenters. The molecule has 2 heterocycles. The molecular formula is C12H16ClN5. The Kier molecular flexibility index (Phi) is 3.69. The van der Waals surface area contributed by atoms with Gasteiger partial charge in [-0.25, -0.2) is 0 Å². The molecule has 0 bridgehead atoms. The summed E-state index contributed by atoms with van der Waals surface area (Å²) in [7, 11) is 0. The van der Waals surface area contributed by atoms with Crippen LogP contribution in [0.3, 0.4) is 0 Å². The molecule has 0 unspecified atom stereocenters. The number of piperazine rings is 1. The molecule has 0 aromatic carbocycles. The van der Waals surface area contributed by atoms with Crippen LogP contribution in [0.1, 0.15) is 13.8 Å². The predicted octanol–water partition coefficient (Wildman–Crippen LogP) is 1.55. The molecule has 5 nitrogen and oxygen atoms in total. The second kappa shape index (κ2) is 5.09. The number of halogens is 1. The minimum atomic E-state index is -0.405. The van der Waals surface area contributed by atoms with E-state index in [-0.39, 0.29) is 0 Å². The predicted molar refractivity (Wildman–Crippen MR) is 70.5 cm³/mol. The van der Waals surface area contributed by atoms with E-state index in [0.29, 0.717) is 5.15 Å². The molecule has 6 heteroatoms. The van der Waals surface area contributed by atoms with E-state index in [2.05, 4.69) is 26.1 Å². The second-order valence-electron chi connectivity index (χ2n) is 4.86. The normalized spacial score (nSPS) is 17.6. The first-order valence-electron chi connectivity index (χ1n) is 5.93. The van der Waals surface area contributed by atoms with E-state index in [4.69, 9.17) is 16.9 Å². The van der Waals surface area contributed by atoms with Gasteiger partial charge in [0.15, 0.2) is 11.0 Å². The van der Waals surface area contributed by atoms with Crippen LogP contribution in [0.4, 0.5) is 5.82 Å². The molecule has 0 spiro atoms. The zero-order valence-corrected chi connectivity index (χ0v) is 11.4. The van der Waals surface area contributed by atoms with Crippen LogP contribution in [0, 0.1) is 11.3 Å². The Morgan fingerprint density at radius 3 is 2.39 bits per heavy atom. The van der Waals surface area contributed by atoms with Crippen molar-refractivity contribution in [2.45, 2.75) is 19.4 Å². The SMILES string of the molecule is CC(C)(C#N)N1CCN(c2ccc(Cl)nn2)CC1. The first-order chi connectivity index (χ1) is 8.53. The molecule has 1 aromatic heterocycles. The molecule has 0 amide bonds. The lowest BCUT2D eigenvalue weighted by atomic mass is 10.0. The molecule has 1 saturated heterocycles. The van der Waals surface area contributed by atoms with Gasteiger partial charge < -0.3 is 4.90 Å². The van der Waals surface area contributed by atoms with Crippen molar-refractivity contribution in [1.82, 2.24) is 15.1 Å². The molecule has 2 rings (SSSR count). The largest absolute Gasteiger partial charge is 0.353 e. The van der Waals surface area contributed by atoms with Crippen molar-refractivity contribution in [3.63, 3.8) is 0 Å². The Balaban J connectivity index is 1.99. The summed E-state index contributed by atoms with van der Waals surface area (Å²) in [5, 5.41) is 17.4. The van der Waals surface area contributed by atoms with Gasteiger partial charge in [-0.2, -0.15) is 5.26 Å². The number of aromatic nitrogens is 2. The third kappa shape index (κ3) is 2.71. The Labute approximate surface area is 112 Å². The van der Waals surface area contributed by atoms with Gasteiger partial charge in [-0.3, -0.25) is 4.90 Å². The van der Waals surface area contributed by atoms with Crippen LogP contribution in [0.15, 0.2) is 12.1 Å². The summed E-state index contributed by atoms with van der Waals surface area (Å²) < 4.78 is 0. The van der Waals surface area contributed by atoms with Crippen LogP contribution in [-0.4, -0.2) is 46.8 Å². The van der Waals surface area contributed by atoms with Crippen molar-refractivity contribution in [2.24, 2.45) is 0 Å². The van der Waals surface area contributed by atoms with Gasteiger partial charge in [0.05, 0.1) is 6.07 Å². The van der Waals surface area contributed by atoms with Gasteiger partial charge >= 0.3 is 0 Å². The van der Waals surface area contributed by atoms with Crippen LogP contribution in [0.25, 0.3) is 0 Å². The minimum Gasteiger partial charge on any atom is -0.353 e. The zero-order chi connectivity index (χ0) is 13.2. The Morgan fingerprint density at radius 2 is 1.89 bits per heavy atom. The van der Waals surface area contributed by atoms with E-state index in [1.807, 2.05) is 19.9 Å². The highest BCUT2D eigenvalue weighted by Crippen LogP contribution is 2.19. The van der Waals surface area contributed by atoms with Crippen LogP contribution < -0.4 is 4.90 Å². The Bertz CT molecular complexity index is 443. The highest BCUT2D eigenvalue weighted by molar-refractivity contribution is 6.29. The van der Waals surface area contributed by atoms with Gasteiger partial charge in [0.2, 0.25) is 0 Å². The molecule has 96 valence electrons. The second-order valence-corrected chi connectivity index (χ2v) is 5.25. The summed E-state index contributed by atoms with van der Waals surface area (Å²) in [5.74, 6) is 0.841. The van der Waals surface area contributed by atoms with Gasteiger partial charge in [-0.05, 0) is 26.0 Å². The van der Waals surface area contributed by atoms with Crippen LogP contribution in [-0.2, 0) is 0 Å². The van der Waals surface area contributed by atoms with Gasteiger partial charge in [0.25, 0.3) is 0 Å². The van der Waals surface area contributed by atoms with Crippen LogP contribution in [0.5, 0.6) is 0 Å². The van der Waals surface area contributed by atoms with E-state index in [0.717, 1.165) is 32.0 Å². The number of anilines is 1. The highest BCUT2D eigenvalue weighted by atomic mass is 35.5. The van der Waals surface area contributed by atoms with Gasteiger partial charge in [-0.1, -0.05) is 11.6 Å². The van der Waals surface area contributed by atoms with Crippen molar-refractivity contribution in [3.8, 4) is 6.07 Å². The fourth-order valence-corrected chi connectivity index (χ4v) is 2.14. The lowest BCUT2D eigenvalue weighted by Gasteiger charge is -2.40. The molecule has 1 aliphatic rings. The highest BCUT2D eigenvalue weighted by Gasteiger charge is 2.30. The molecule has 0 saturated carbocycles. The topological polar surface area (TPSA) is 56.1 Å². The van der Waals surface area contributed by atoms with Crippen molar-refractivity contribution in [3.05, 3.63) is 17.3 Å². The maximum absolute atomic E-state index is 9.12. The van der Waals surface area contributed by atoms with E-state index in [1.165, 1.54) is 0 Å². The molecule has 0 N–H and O–H groups in total. The quantitative estimate of drug-likeness (QED) is 0.812. The van der Waals surface area contributed by atoms with Crippen LogP contribution >= 0.6 is 11.6 Å². The summed E-state index contributed by atoms with van der Waals surface area (Å²) in [6.07, 6.45) is 0. The summed E-state index contributed by atoms with van der Waals surface area (Å²) in [4.78, 5) is 4.35. The van der Waals surface area contributed by atoms with E-state index in [1.54, 1.807) is 6.07 Å². The summed E-state index contributed by atoms with van der Waals surface area (Å²) >= 11 is 5.72. The Morgan fingerprint density at radius 1 is 1.22 bits per heavy atom. The maximum Gasteiger partial charge on any atom is 0.151 e. The summed E-state index contributed by atoms with van der Waals surface area (Å²) in [5.41, 5.74) is -0.405. The maximum atomic E-state index is 9.12. The number of rotatable bonds is 2. The number of hydrogen-bond donors (Lipinski definition) is 0. The first-order valence-corrected chi connectivity index (χ1v) is 6.31. The van der Waals surface area contributed by atoms with Crippen molar-refractivity contribution in [2.75, 3.05) is 31.1 Å². The van der Waals surface area contributed by atoms with Gasteiger partial charge in [-0.15, -0.1) is 10.2 Å². The van der Waals surface area contributed by atoms with E-state index in [9.17, 15) is 0 Å². The molecule has 0 aliphatic carbocycles. The standard InChI is InChI=1S/C12H16ClN5/c1-12(2,9-14)18-7-5-17(6-8-18)11-4-3-10(13)15-16-11/h3-4H,5-8H2,1-2H3. The number of hydrogen-bond acceptors (Lipinski definition) is 5. The lowest BCUT2D eigenvalue weighted by molar-refractivity contribution is 0.157. The fraction of sp³-hybridized carbons (Fsp3) is 0.583. The number of nitriles is 1. The van der Waals surface area contributed by atoms with Gasteiger partial charge in [0.1, 0.15) is 5.54 Å². The monoisotopic (exact) mass is 265 g/mol. The molecule has 18 heavy (non-hydrogen) atoms.